The van der Waals surface area contributed by atoms with Crippen molar-refractivity contribution in [3.8, 4) is 0 Å². The number of thiocarbonyl (C=S) groups is 1. The molecule has 36 heavy (non-hydrogen) atoms. The summed E-state index contributed by atoms with van der Waals surface area (Å²) in [4.78, 5) is 6.87. The minimum atomic E-state index is 0.446. The highest BCUT2D eigenvalue weighted by atomic mass is 32.2. The van der Waals surface area contributed by atoms with Crippen LogP contribution in [0.1, 0.15) is 96.5 Å². The van der Waals surface area contributed by atoms with Crippen LogP contribution < -0.4 is 5.32 Å². The molecule has 0 bridgehead atoms. The zero-order chi connectivity index (χ0) is 25.4. The minimum absolute atomic E-state index is 0.446. The number of pyridine rings is 1. The molecule has 4 heteroatoms. The summed E-state index contributed by atoms with van der Waals surface area (Å²) in [6.45, 7) is 4.56. The molecule has 2 aromatic carbocycles. The molecule has 1 atom stereocenters. The lowest BCUT2D eigenvalue weighted by Crippen LogP contribution is -2.21. The predicted molar refractivity (Wildman–Crippen MR) is 164 cm³/mol. The highest BCUT2D eigenvalue weighted by Crippen LogP contribution is 2.36. The molecule has 0 saturated carbocycles. The van der Waals surface area contributed by atoms with Gasteiger partial charge in [0, 0.05) is 28.1 Å². The van der Waals surface area contributed by atoms with E-state index in [0.29, 0.717) is 5.92 Å². The zero-order valence-corrected chi connectivity index (χ0v) is 23.9. The monoisotopic (exact) mass is 520 g/mol. The maximum atomic E-state index is 6.11. The van der Waals surface area contributed by atoms with Gasteiger partial charge in [-0.3, -0.25) is 4.98 Å². The molecule has 0 aliphatic rings. The first-order valence-electron chi connectivity index (χ1n) is 14.1. The van der Waals surface area contributed by atoms with Crippen molar-refractivity contribution in [3.63, 3.8) is 0 Å². The minimum Gasteiger partial charge on any atom is -0.348 e. The molecule has 0 fully saturated rings. The Bertz CT molecular complexity index is 1030. The lowest BCUT2D eigenvalue weighted by atomic mass is 9.94. The molecule has 3 aromatic rings. The average molecular weight is 521 g/mol. The van der Waals surface area contributed by atoms with E-state index in [1.54, 1.807) is 0 Å². The Morgan fingerprint density at radius 1 is 0.806 bits per heavy atom. The fraction of sp³-hybridized carbons (Fsp3) is 0.500. The number of rotatable bonds is 17. The maximum Gasteiger partial charge on any atom is 0.0829 e. The Hall–Kier alpha value is -1.91. The van der Waals surface area contributed by atoms with Gasteiger partial charge in [0.1, 0.15) is 0 Å². The molecule has 0 amide bonds. The van der Waals surface area contributed by atoms with E-state index in [2.05, 4.69) is 72.7 Å². The van der Waals surface area contributed by atoms with E-state index in [-0.39, 0.29) is 0 Å². The van der Waals surface area contributed by atoms with Crippen LogP contribution in [0.3, 0.4) is 0 Å². The molecule has 0 aliphatic heterocycles. The number of aromatic nitrogens is 1. The summed E-state index contributed by atoms with van der Waals surface area (Å²) in [5, 5.41) is 4.92. The van der Waals surface area contributed by atoms with Gasteiger partial charge in [-0.05, 0) is 42.7 Å². The molecular formula is C32H44N2S2. The molecule has 1 unspecified atom stereocenters. The van der Waals surface area contributed by atoms with Crippen LogP contribution in [-0.4, -0.2) is 9.97 Å². The fourth-order valence-electron chi connectivity index (χ4n) is 4.74. The number of fused-ring (bicyclic) bond motifs is 1. The Balaban J connectivity index is 1.73. The van der Waals surface area contributed by atoms with E-state index >= 15 is 0 Å². The molecule has 2 nitrogen and oxygen atoms in total. The van der Waals surface area contributed by atoms with Crippen molar-refractivity contribution in [2.24, 2.45) is 5.92 Å². The predicted octanol–water partition coefficient (Wildman–Crippen LogP) is 10.6. The zero-order valence-electron chi connectivity index (χ0n) is 22.3. The van der Waals surface area contributed by atoms with E-state index in [0.717, 1.165) is 27.3 Å². The number of thioether (sulfide) groups is 1. The van der Waals surface area contributed by atoms with Crippen LogP contribution in [0.25, 0.3) is 10.9 Å². The van der Waals surface area contributed by atoms with Crippen molar-refractivity contribution in [2.45, 2.75) is 102 Å². The standard InChI is InChI=1S/C32H44N2S2/c1-3-5-7-9-10-15-20-27(19-14-8-6-4-2)32(35)34-31-28-21-16-24-33-29(28)22-23-30(31)36-25-26-17-12-11-13-18-26/h11-13,16-18,21-24,27H,3-10,14-15,19-20,25H2,1-2H3,(H,34,35). The Labute approximate surface area is 229 Å². The number of unbranched alkanes of at least 4 members (excludes halogenated alkanes) is 8. The quantitative estimate of drug-likeness (QED) is 0.109. The van der Waals surface area contributed by atoms with Gasteiger partial charge in [-0.1, -0.05) is 121 Å². The Kier molecular flexibility index (Phi) is 13.3. The summed E-state index contributed by atoms with van der Waals surface area (Å²) in [7, 11) is 0. The van der Waals surface area contributed by atoms with E-state index in [9.17, 15) is 0 Å². The van der Waals surface area contributed by atoms with Crippen LogP contribution >= 0.6 is 24.0 Å². The summed E-state index contributed by atoms with van der Waals surface area (Å²) < 4.78 is 0. The van der Waals surface area contributed by atoms with E-state index < -0.39 is 0 Å². The molecule has 1 N–H and O–H groups in total. The van der Waals surface area contributed by atoms with Crippen molar-refractivity contribution < 1.29 is 0 Å². The van der Waals surface area contributed by atoms with Gasteiger partial charge in [0.05, 0.1) is 16.2 Å². The third-order valence-electron chi connectivity index (χ3n) is 6.92. The number of nitrogens with one attached hydrogen (secondary N) is 1. The van der Waals surface area contributed by atoms with Gasteiger partial charge >= 0.3 is 0 Å². The first-order valence-corrected chi connectivity index (χ1v) is 15.5. The second kappa shape index (κ2) is 16.8. The molecule has 3 rings (SSSR count). The fourth-order valence-corrected chi connectivity index (χ4v) is 6.06. The third kappa shape index (κ3) is 9.52. The van der Waals surface area contributed by atoms with Crippen LogP contribution in [0, 0.1) is 5.92 Å². The maximum absolute atomic E-state index is 6.11. The number of nitrogens with zero attached hydrogens (tertiary/aromatic N) is 1. The topological polar surface area (TPSA) is 24.9 Å². The summed E-state index contributed by atoms with van der Waals surface area (Å²) in [5.41, 5.74) is 3.48. The highest BCUT2D eigenvalue weighted by Gasteiger charge is 2.18. The number of benzene rings is 2. The molecule has 194 valence electrons. The first kappa shape index (κ1) is 28.7. The number of hydrogen-bond donors (Lipinski definition) is 1. The van der Waals surface area contributed by atoms with Gasteiger partial charge in [0.15, 0.2) is 0 Å². The van der Waals surface area contributed by atoms with Gasteiger partial charge in [-0.2, -0.15) is 0 Å². The summed E-state index contributed by atoms with van der Waals surface area (Å²) in [6.07, 6.45) is 17.4. The number of anilines is 1. The number of hydrogen-bond acceptors (Lipinski definition) is 3. The van der Waals surface area contributed by atoms with Crippen molar-refractivity contribution in [3.05, 3.63) is 66.4 Å². The van der Waals surface area contributed by atoms with Crippen LogP contribution in [0.4, 0.5) is 5.69 Å². The smallest absolute Gasteiger partial charge is 0.0829 e. The van der Waals surface area contributed by atoms with Gasteiger partial charge in [0.25, 0.3) is 0 Å². The summed E-state index contributed by atoms with van der Waals surface area (Å²) in [6, 6.07) is 19.2. The first-order chi connectivity index (χ1) is 17.7. The SMILES string of the molecule is CCCCCCCCC(CCCCCC)C(=S)Nc1c(SCc2ccccc2)ccc2ncccc12. The van der Waals surface area contributed by atoms with Crippen LogP contribution in [0.15, 0.2) is 65.7 Å². The van der Waals surface area contributed by atoms with Crippen molar-refractivity contribution in [1.82, 2.24) is 4.98 Å². The molecule has 0 spiro atoms. The van der Waals surface area contributed by atoms with Crippen molar-refractivity contribution in [1.29, 1.82) is 0 Å². The molecule has 1 aromatic heterocycles. The normalized spacial score (nSPS) is 12.1. The molecule has 1 heterocycles. The molecule has 0 aliphatic carbocycles. The molecule has 0 saturated heterocycles. The summed E-state index contributed by atoms with van der Waals surface area (Å²) in [5.74, 6) is 1.38. The Morgan fingerprint density at radius 3 is 2.19 bits per heavy atom. The third-order valence-corrected chi connectivity index (χ3v) is 8.48. The van der Waals surface area contributed by atoms with Gasteiger partial charge in [-0.15, -0.1) is 11.8 Å². The van der Waals surface area contributed by atoms with Crippen LogP contribution in [0.2, 0.25) is 0 Å². The van der Waals surface area contributed by atoms with Gasteiger partial charge in [-0.25, -0.2) is 0 Å². The van der Waals surface area contributed by atoms with Crippen molar-refractivity contribution in [2.75, 3.05) is 5.32 Å². The largest absolute Gasteiger partial charge is 0.348 e. The van der Waals surface area contributed by atoms with Gasteiger partial charge in [0.2, 0.25) is 0 Å². The Morgan fingerprint density at radius 2 is 1.47 bits per heavy atom. The van der Waals surface area contributed by atoms with E-state index in [4.69, 9.17) is 12.2 Å². The van der Waals surface area contributed by atoms with E-state index in [1.165, 1.54) is 87.5 Å². The highest BCUT2D eigenvalue weighted by molar-refractivity contribution is 7.98. The second-order valence-corrected chi connectivity index (χ2v) is 11.3. The lowest BCUT2D eigenvalue weighted by Gasteiger charge is -2.22. The summed E-state index contributed by atoms with van der Waals surface area (Å²) >= 11 is 7.99. The lowest BCUT2D eigenvalue weighted by molar-refractivity contribution is 0.491. The van der Waals surface area contributed by atoms with Gasteiger partial charge < -0.3 is 5.32 Å². The second-order valence-electron chi connectivity index (χ2n) is 9.88. The molecule has 0 radical (unpaired) electrons. The van der Waals surface area contributed by atoms with E-state index in [1.807, 2.05) is 24.0 Å². The molecular weight excluding hydrogens is 477 g/mol. The van der Waals surface area contributed by atoms with Crippen LogP contribution in [-0.2, 0) is 5.75 Å². The van der Waals surface area contributed by atoms with Crippen LogP contribution in [0.5, 0.6) is 0 Å². The average Bonchev–Trinajstić information content (AvgIpc) is 2.91. The van der Waals surface area contributed by atoms with Crippen molar-refractivity contribution >= 4 is 45.6 Å².